The minimum absolute atomic E-state index is 0.621. The van der Waals surface area contributed by atoms with E-state index >= 15 is 0 Å². The van der Waals surface area contributed by atoms with Crippen LogP contribution in [0.2, 0.25) is 0 Å². The van der Waals surface area contributed by atoms with E-state index in [9.17, 15) is 0 Å². The fraction of sp³-hybridized carbons (Fsp3) is 0.400. The van der Waals surface area contributed by atoms with Crippen molar-refractivity contribution in [3.05, 3.63) is 71.3 Å². The molecule has 0 amide bonds. The first-order valence-electron chi connectivity index (χ1n) is 8.17. The van der Waals surface area contributed by atoms with Gasteiger partial charge in [0.25, 0.3) is 0 Å². The largest absolute Gasteiger partial charge is 0.313 e. The van der Waals surface area contributed by atoms with Crippen LogP contribution in [-0.4, -0.2) is 6.54 Å². The van der Waals surface area contributed by atoms with E-state index in [0.29, 0.717) is 5.92 Å². The molecule has 0 bridgehead atoms. The van der Waals surface area contributed by atoms with Gasteiger partial charge in [-0.3, -0.25) is 0 Å². The van der Waals surface area contributed by atoms with Gasteiger partial charge in [-0.2, -0.15) is 0 Å². The van der Waals surface area contributed by atoms with Crippen LogP contribution in [-0.2, 0) is 6.54 Å². The van der Waals surface area contributed by atoms with Crippen LogP contribution >= 0.6 is 0 Å². The number of hydrogen-bond donors (Lipinski definition) is 1. The van der Waals surface area contributed by atoms with Gasteiger partial charge in [0, 0.05) is 6.54 Å². The average Bonchev–Trinajstić information content (AvgIpc) is 3.38. The van der Waals surface area contributed by atoms with Gasteiger partial charge >= 0.3 is 0 Å². The summed E-state index contributed by atoms with van der Waals surface area (Å²) in [6.45, 7) is 4.36. The summed E-state index contributed by atoms with van der Waals surface area (Å²) in [6, 6.07) is 20.0. The summed E-state index contributed by atoms with van der Waals surface area (Å²) in [6.07, 6.45) is 3.95. The van der Waals surface area contributed by atoms with Gasteiger partial charge in [-0.15, -0.1) is 0 Å². The number of rotatable bonds is 7. The number of nitrogens with one attached hydrogen (secondary N) is 1. The molecule has 0 radical (unpaired) electrons. The maximum Gasteiger partial charge on any atom is 0.0205 e. The van der Waals surface area contributed by atoms with E-state index in [2.05, 4.69) is 66.8 Å². The Hall–Kier alpha value is -1.60. The molecular weight excluding hydrogens is 254 g/mol. The van der Waals surface area contributed by atoms with Crippen LogP contribution in [0.15, 0.2) is 54.6 Å². The molecule has 1 atom stereocenters. The highest BCUT2D eigenvalue weighted by molar-refractivity contribution is 5.28. The second-order valence-electron chi connectivity index (χ2n) is 6.29. The predicted octanol–water partition coefficient (Wildman–Crippen LogP) is 4.85. The summed E-state index contributed by atoms with van der Waals surface area (Å²) in [5.41, 5.74) is 4.36. The standard InChI is InChI=1S/C20H25N/c1-16(18-5-3-2-4-6-18)13-14-21-15-17-7-9-19(10-8-17)20-11-12-20/h2-10,16,20-21H,11-15H2,1H3. The minimum atomic E-state index is 0.621. The molecule has 1 saturated carbocycles. The van der Waals surface area contributed by atoms with Gasteiger partial charge < -0.3 is 5.32 Å². The quantitative estimate of drug-likeness (QED) is 0.715. The van der Waals surface area contributed by atoms with E-state index in [0.717, 1.165) is 19.0 Å². The maximum atomic E-state index is 3.57. The number of benzene rings is 2. The Morgan fingerprint density at radius 3 is 2.38 bits per heavy atom. The molecule has 3 rings (SSSR count). The average molecular weight is 279 g/mol. The van der Waals surface area contributed by atoms with Crippen molar-refractivity contribution >= 4 is 0 Å². The predicted molar refractivity (Wildman–Crippen MR) is 89.6 cm³/mol. The summed E-state index contributed by atoms with van der Waals surface area (Å²) >= 11 is 0. The summed E-state index contributed by atoms with van der Waals surface area (Å²) in [5, 5.41) is 3.57. The highest BCUT2D eigenvalue weighted by atomic mass is 14.8. The molecule has 0 spiro atoms. The highest BCUT2D eigenvalue weighted by Crippen LogP contribution is 2.39. The molecule has 0 saturated heterocycles. The van der Waals surface area contributed by atoms with E-state index in [1.54, 1.807) is 0 Å². The zero-order chi connectivity index (χ0) is 14.5. The summed E-state index contributed by atoms with van der Waals surface area (Å²) < 4.78 is 0. The van der Waals surface area contributed by atoms with Crippen LogP contribution in [0.25, 0.3) is 0 Å². The summed E-state index contributed by atoms with van der Waals surface area (Å²) in [4.78, 5) is 0. The molecular formula is C20H25N. The smallest absolute Gasteiger partial charge is 0.0205 e. The van der Waals surface area contributed by atoms with Crippen molar-refractivity contribution in [2.75, 3.05) is 6.54 Å². The molecule has 0 aromatic heterocycles. The van der Waals surface area contributed by atoms with Gasteiger partial charge in [-0.1, -0.05) is 61.5 Å². The van der Waals surface area contributed by atoms with Gasteiger partial charge in [0.2, 0.25) is 0 Å². The van der Waals surface area contributed by atoms with E-state index in [-0.39, 0.29) is 0 Å². The van der Waals surface area contributed by atoms with E-state index in [1.165, 1.54) is 36.0 Å². The molecule has 21 heavy (non-hydrogen) atoms. The Morgan fingerprint density at radius 2 is 1.71 bits per heavy atom. The first-order valence-corrected chi connectivity index (χ1v) is 8.17. The summed E-state index contributed by atoms with van der Waals surface area (Å²) in [5.74, 6) is 1.48. The summed E-state index contributed by atoms with van der Waals surface area (Å²) in [7, 11) is 0. The maximum absolute atomic E-state index is 3.57. The van der Waals surface area contributed by atoms with E-state index in [4.69, 9.17) is 0 Å². The zero-order valence-electron chi connectivity index (χ0n) is 12.9. The van der Waals surface area contributed by atoms with Gasteiger partial charge in [-0.05, 0) is 54.3 Å². The Kier molecular flexibility index (Phi) is 4.72. The molecule has 0 aliphatic heterocycles. The molecule has 1 heteroatoms. The SMILES string of the molecule is CC(CCNCc1ccc(C2CC2)cc1)c1ccccc1. The minimum Gasteiger partial charge on any atom is -0.313 e. The van der Waals surface area contributed by atoms with Gasteiger partial charge in [0.05, 0.1) is 0 Å². The van der Waals surface area contributed by atoms with Gasteiger partial charge in [-0.25, -0.2) is 0 Å². The van der Waals surface area contributed by atoms with Crippen molar-refractivity contribution in [2.24, 2.45) is 0 Å². The fourth-order valence-electron chi connectivity index (χ4n) is 2.82. The Balaban J connectivity index is 1.39. The van der Waals surface area contributed by atoms with Crippen LogP contribution in [0.4, 0.5) is 0 Å². The Bertz CT molecular complexity index is 540. The van der Waals surface area contributed by atoms with Crippen LogP contribution in [0.3, 0.4) is 0 Å². The lowest BCUT2D eigenvalue weighted by atomic mass is 9.98. The molecule has 1 aliphatic rings. The lowest BCUT2D eigenvalue weighted by Gasteiger charge is -2.12. The fourth-order valence-corrected chi connectivity index (χ4v) is 2.82. The molecule has 1 aliphatic carbocycles. The molecule has 2 aromatic carbocycles. The van der Waals surface area contributed by atoms with Crippen molar-refractivity contribution < 1.29 is 0 Å². The first-order chi connectivity index (χ1) is 10.3. The van der Waals surface area contributed by atoms with Gasteiger partial charge in [0.1, 0.15) is 0 Å². The Labute approximate surface area is 128 Å². The van der Waals surface area contributed by atoms with Crippen molar-refractivity contribution in [3.63, 3.8) is 0 Å². The second kappa shape index (κ2) is 6.91. The second-order valence-corrected chi connectivity index (χ2v) is 6.29. The molecule has 1 nitrogen and oxygen atoms in total. The van der Waals surface area contributed by atoms with E-state index < -0.39 is 0 Å². The van der Waals surface area contributed by atoms with Crippen LogP contribution < -0.4 is 5.32 Å². The first kappa shape index (κ1) is 14.3. The highest BCUT2D eigenvalue weighted by Gasteiger charge is 2.22. The van der Waals surface area contributed by atoms with Crippen molar-refractivity contribution in [1.29, 1.82) is 0 Å². The normalized spacial score (nSPS) is 15.9. The van der Waals surface area contributed by atoms with Crippen LogP contribution in [0, 0.1) is 0 Å². The Morgan fingerprint density at radius 1 is 1.00 bits per heavy atom. The van der Waals surface area contributed by atoms with Crippen LogP contribution in [0.5, 0.6) is 0 Å². The monoisotopic (exact) mass is 279 g/mol. The lowest BCUT2D eigenvalue weighted by Crippen LogP contribution is -2.16. The van der Waals surface area contributed by atoms with Crippen molar-refractivity contribution in [1.82, 2.24) is 5.32 Å². The number of hydrogen-bond acceptors (Lipinski definition) is 1. The van der Waals surface area contributed by atoms with Crippen molar-refractivity contribution in [3.8, 4) is 0 Å². The zero-order valence-corrected chi connectivity index (χ0v) is 12.9. The topological polar surface area (TPSA) is 12.0 Å². The molecule has 0 heterocycles. The molecule has 1 unspecified atom stereocenters. The molecule has 1 fully saturated rings. The third-order valence-electron chi connectivity index (χ3n) is 4.48. The molecule has 1 N–H and O–H groups in total. The van der Waals surface area contributed by atoms with Crippen LogP contribution in [0.1, 0.15) is 54.7 Å². The molecule has 2 aromatic rings. The lowest BCUT2D eigenvalue weighted by molar-refractivity contribution is 0.594. The third-order valence-corrected chi connectivity index (χ3v) is 4.48. The third kappa shape index (κ3) is 4.18. The van der Waals surface area contributed by atoms with E-state index in [1.807, 2.05) is 0 Å². The van der Waals surface area contributed by atoms with Crippen molar-refractivity contribution in [2.45, 2.75) is 44.6 Å². The van der Waals surface area contributed by atoms with Gasteiger partial charge in [0.15, 0.2) is 0 Å². The molecule has 110 valence electrons.